The molecular formula is C16H22. The van der Waals surface area contributed by atoms with E-state index in [1.54, 1.807) is 0 Å². The molecule has 16 heavy (non-hydrogen) atoms. The van der Waals surface area contributed by atoms with Crippen molar-refractivity contribution in [2.45, 2.75) is 33.1 Å². The molecule has 0 aromatic heterocycles. The second-order valence-electron chi connectivity index (χ2n) is 4.60. The van der Waals surface area contributed by atoms with Gasteiger partial charge in [0.25, 0.3) is 0 Å². The minimum Gasteiger partial charge on any atom is -0.100 e. The Balaban J connectivity index is 2.31. The Morgan fingerprint density at radius 2 is 2.00 bits per heavy atom. The largest absolute Gasteiger partial charge is 0.100 e. The Hall–Kier alpha value is -1.30. The Morgan fingerprint density at radius 3 is 2.62 bits per heavy atom. The summed E-state index contributed by atoms with van der Waals surface area (Å²) in [5, 5.41) is 0. The van der Waals surface area contributed by atoms with Crippen LogP contribution in [0.3, 0.4) is 0 Å². The molecular weight excluding hydrogens is 192 g/mol. The smallest absolute Gasteiger partial charge is 0.0259 e. The average Bonchev–Trinajstić information content (AvgIpc) is 2.27. The molecule has 0 fully saturated rings. The van der Waals surface area contributed by atoms with Gasteiger partial charge in [0, 0.05) is 0 Å². The monoisotopic (exact) mass is 214 g/mol. The molecule has 0 nitrogen and oxygen atoms in total. The second kappa shape index (κ2) is 7.05. The summed E-state index contributed by atoms with van der Waals surface area (Å²) >= 11 is 0. The first-order chi connectivity index (χ1) is 7.68. The first-order valence-electron chi connectivity index (χ1n) is 6.06. The average molecular weight is 214 g/mol. The minimum absolute atomic E-state index is 0.652. The van der Waals surface area contributed by atoms with Crippen LogP contribution in [0.2, 0.25) is 0 Å². The van der Waals surface area contributed by atoms with Crippen LogP contribution in [-0.4, -0.2) is 0 Å². The molecule has 0 aliphatic heterocycles. The van der Waals surface area contributed by atoms with Gasteiger partial charge in [0.15, 0.2) is 0 Å². The lowest BCUT2D eigenvalue weighted by Crippen LogP contribution is -1.89. The molecule has 0 radical (unpaired) electrons. The van der Waals surface area contributed by atoms with Crippen molar-refractivity contribution in [2.24, 2.45) is 5.92 Å². The van der Waals surface area contributed by atoms with E-state index in [0.717, 1.165) is 6.42 Å². The fraction of sp³-hybridized carbons (Fsp3) is 0.375. The number of rotatable bonds is 6. The van der Waals surface area contributed by atoms with Crippen molar-refractivity contribution >= 4 is 6.08 Å². The van der Waals surface area contributed by atoms with E-state index in [1.807, 2.05) is 6.07 Å². The third-order valence-electron chi connectivity index (χ3n) is 2.68. The van der Waals surface area contributed by atoms with Gasteiger partial charge in [-0.1, -0.05) is 55.0 Å². The Kier molecular flexibility index (Phi) is 5.63. The van der Waals surface area contributed by atoms with Crippen molar-refractivity contribution in [1.29, 1.82) is 0 Å². The Bertz CT molecular complexity index is 332. The van der Waals surface area contributed by atoms with E-state index >= 15 is 0 Å². The quantitative estimate of drug-likeness (QED) is 0.579. The molecule has 1 aromatic rings. The minimum atomic E-state index is 0.652. The lowest BCUT2D eigenvalue weighted by atomic mass is 10.0. The molecule has 0 amide bonds. The van der Waals surface area contributed by atoms with Crippen molar-refractivity contribution < 1.29 is 0 Å². The summed E-state index contributed by atoms with van der Waals surface area (Å²) in [6.07, 6.45) is 8.16. The zero-order valence-corrected chi connectivity index (χ0v) is 10.4. The highest BCUT2D eigenvalue weighted by Crippen LogP contribution is 2.13. The molecule has 0 saturated carbocycles. The fourth-order valence-electron chi connectivity index (χ4n) is 1.66. The predicted molar refractivity (Wildman–Crippen MR) is 73.3 cm³/mol. The normalized spacial score (nSPS) is 12.9. The number of hydrogen-bond donors (Lipinski definition) is 0. The highest BCUT2D eigenvalue weighted by atomic mass is 14.0. The predicted octanol–water partition coefficient (Wildman–Crippen LogP) is 5.08. The summed E-state index contributed by atoms with van der Waals surface area (Å²) in [7, 11) is 0. The number of hydrogen-bond acceptors (Lipinski definition) is 0. The summed E-state index contributed by atoms with van der Waals surface area (Å²) in [4.78, 5) is 0. The van der Waals surface area contributed by atoms with Crippen molar-refractivity contribution in [1.82, 2.24) is 0 Å². The molecule has 0 heterocycles. The van der Waals surface area contributed by atoms with Gasteiger partial charge in [-0.15, -0.1) is 6.58 Å². The van der Waals surface area contributed by atoms with E-state index in [-0.39, 0.29) is 0 Å². The van der Waals surface area contributed by atoms with Crippen LogP contribution in [0, 0.1) is 5.92 Å². The van der Waals surface area contributed by atoms with Gasteiger partial charge in [-0.05, 0) is 37.7 Å². The lowest BCUT2D eigenvalue weighted by Gasteiger charge is -2.05. The second-order valence-corrected chi connectivity index (χ2v) is 4.60. The zero-order valence-electron chi connectivity index (χ0n) is 10.4. The molecule has 0 aliphatic carbocycles. The zero-order chi connectivity index (χ0) is 11.8. The summed E-state index contributed by atoms with van der Waals surface area (Å²) in [6.45, 7) is 8.30. The SMILES string of the molecule is C=C(C)CCCC(C)C=Cc1ccccc1. The Morgan fingerprint density at radius 1 is 1.31 bits per heavy atom. The molecule has 0 N–H and O–H groups in total. The van der Waals surface area contributed by atoms with E-state index in [0.29, 0.717) is 5.92 Å². The van der Waals surface area contributed by atoms with Gasteiger partial charge in [0.05, 0.1) is 0 Å². The van der Waals surface area contributed by atoms with E-state index in [2.05, 4.69) is 56.8 Å². The highest BCUT2D eigenvalue weighted by Gasteiger charge is 1.97. The molecule has 1 aromatic carbocycles. The van der Waals surface area contributed by atoms with Crippen LogP contribution < -0.4 is 0 Å². The van der Waals surface area contributed by atoms with Crippen LogP contribution in [0.5, 0.6) is 0 Å². The van der Waals surface area contributed by atoms with E-state index in [9.17, 15) is 0 Å². The molecule has 1 rings (SSSR count). The molecule has 0 heteroatoms. The third kappa shape index (κ3) is 5.55. The molecule has 0 aliphatic rings. The van der Waals surface area contributed by atoms with Crippen molar-refractivity contribution in [3.8, 4) is 0 Å². The summed E-state index contributed by atoms with van der Waals surface area (Å²) in [5.74, 6) is 0.652. The molecule has 0 bridgehead atoms. The maximum atomic E-state index is 3.93. The highest BCUT2D eigenvalue weighted by molar-refractivity contribution is 5.48. The topological polar surface area (TPSA) is 0 Å². The van der Waals surface area contributed by atoms with E-state index < -0.39 is 0 Å². The van der Waals surface area contributed by atoms with Crippen molar-refractivity contribution in [2.75, 3.05) is 0 Å². The van der Waals surface area contributed by atoms with Crippen LogP contribution in [0.25, 0.3) is 6.08 Å². The molecule has 86 valence electrons. The van der Waals surface area contributed by atoms with Crippen LogP contribution in [0.15, 0.2) is 48.6 Å². The molecule has 1 unspecified atom stereocenters. The first kappa shape index (κ1) is 12.8. The van der Waals surface area contributed by atoms with Gasteiger partial charge >= 0.3 is 0 Å². The van der Waals surface area contributed by atoms with Gasteiger partial charge in [-0.3, -0.25) is 0 Å². The third-order valence-corrected chi connectivity index (χ3v) is 2.68. The number of allylic oxidation sites excluding steroid dienone is 2. The van der Waals surface area contributed by atoms with Crippen LogP contribution in [-0.2, 0) is 0 Å². The Labute approximate surface area is 99.7 Å². The van der Waals surface area contributed by atoms with Crippen molar-refractivity contribution in [3.63, 3.8) is 0 Å². The maximum Gasteiger partial charge on any atom is -0.0259 e. The summed E-state index contributed by atoms with van der Waals surface area (Å²) in [5.41, 5.74) is 2.58. The maximum absolute atomic E-state index is 3.93. The molecule has 0 saturated heterocycles. The summed E-state index contributed by atoms with van der Waals surface area (Å²) in [6, 6.07) is 10.5. The van der Waals surface area contributed by atoms with Crippen LogP contribution in [0.1, 0.15) is 38.7 Å². The first-order valence-corrected chi connectivity index (χ1v) is 6.06. The van der Waals surface area contributed by atoms with E-state index in [4.69, 9.17) is 0 Å². The lowest BCUT2D eigenvalue weighted by molar-refractivity contribution is 0.607. The standard InChI is InChI=1S/C16H22/c1-14(2)8-7-9-15(3)12-13-16-10-5-4-6-11-16/h4-6,10-13,15H,1,7-9H2,2-3H3. The van der Waals surface area contributed by atoms with Gasteiger partial charge in [-0.25, -0.2) is 0 Å². The van der Waals surface area contributed by atoms with Gasteiger partial charge < -0.3 is 0 Å². The fourth-order valence-corrected chi connectivity index (χ4v) is 1.66. The number of benzene rings is 1. The molecule has 1 atom stereocenters. The van der Waals surface area contributed by atoms with Crippen LogP contribution in [0.4, 0.5) is 0 Å². The van der Waals surface area contributed by atoms with Crippen molar-refractivity contribution in [3.05, 3.63) is 54.1 Å². The molecule has 0 spiro atoms. The van der Waals surface area contributed by atoms with E-state index in [1.165, 1.54) is 24.0 Å². The van der Waals surface area contributed by atoms with Crippen LogP contribution >= 0.6 is 0 Å². The van der Waals surface area contributed by atoms with Gasteiger partial charge in [0.2, 0.25) is 0 Å². The summed E-state index contributed by atoms with van der Waals surface area (Å²) < 4.78 is 0. The van der Waals surface area contributed by atoms with Gasteiger partial charge in [0.1, 0.15) is 0 Å². The van der Waals surface area contributed by atoms with Gasteiger partial charge in [-0.2, -0.15) is 0 Å².